The number of hydrogen-bond donors (Lipinski definition) is 2. The van der Waals surface area contributed by atoms with Gasteiger partial charge in [-0.25, -0.2) is 0 Å². The van der Waals surface area contributed by atoms with Gasteiger partial charge in [0.05, 0.1) is 6.61 Å². The van der Waals surface area contributed by atoms with E-state index in [0.29, 0.717) is 12.1 Å². The number of nitrogens with zero attached hydrogens (tertiary/aromatic N) is 2. The summed E-state index contributed by atoms with van der Waals surface area (Å²) in [6.07, 6.45) is 4.83. The zero-order valence-corrected chi connectivity index (χ0v) is 12.9. The molecule has 1 aliphatic heterocycles. The molecule has 4 nitrogen and oxygen atoms in total. The predicted molar refractivity (Wildman–Crippen MR) is 79.4 cm³/mol. The summed E-state index contributed by atoms with van der Waals surface area (Å²) in [7, 11) is 2.23. The Labute approximate surface area is 118 Å². The molecule has 2 rings (SSSR count). The first-order chi connectivity index (χ1) is 9.06. The van der Waals surface area contributed by atoms with Gasteiger partial charge in [0, 0.05) is 43.8 Å². The van der Waals surface area contributed by atoms with Crippen molar-refractivity contribution in [2.75, 3.05) is 39.8 Å². The summed E-state index contributed by atoms with van der Waals surface area (Å²) in [6, 6.07) is 1.36. The molecule has 0 aromatic heterocycles. The maximum atomic E-state index is 9.64. The molecule has 1 saturated heterocycles. The maximum Gasteiger partial charge on any atom is 0.0611 e. The molecule has 19 heavy (non-hydrogen) atoms. The largest absolute Gasteiger partial charge is 0.394 e. The van der Waals surface area contributed by atoms with Gasteiger partial charge in [-0.2, -0.15) is 0 Å². The second-order valence-corrected chi connectivity index (χ2v) is 6.73. The standard InChI is InChI=1S/C15H31N3O/c1-4-14-11-18(10-9-17(14)3)8-7-15(2,12-19)16-13-5-6-13/h13-14,16,19H,4-12H2,1-3H3. The van der Waals surface area contributed by atoms with Crippen molar-refractivity contribution in [2.24, 2.45) is 0 Å². The number of hydrogen-bond acceptors (Lipinski definition) is 4. The second-order valence-electron chi connectivity index (χ2n) is 6.73. The van der Waals surface area contributed by atoms with Crippen molar-refractivity contribution in [3.8, 4) is 0 Å². The molecule has 4 heteroatoms. The average molecular weight is 269 g/mol. The van der Waals surface area contributed by atoms with E-state index >= 15 is 0 Å². The number of nitrogens with one attached hydrogen (secondary N) is 1. The van der Waals surface area contributed by atoms with Crippen LogP contribution in [0.3, 0.4) is 0 Å². The molecule has 1 heterocycles. The van der Waals surface area contributed by atoms with Gasteiger partial charge in [-0.15, -0.1) is 0 Å². The van der Waals surface area contributed by atoms with Gasteiger partial charge in [-0.05, 0) is 39.7 Å². The summed E-state index contributed by atoms with van der Waals surface area (Å²) in [4.78, 5) is 5.04. The van der Waals surface area contributed by atoms with Crippen LogP contribution in [-0.2, 0) is 0 Å². The molecular formula is C15H31N3O. The third-order valence-electron chi connectivity index (χ3n) is 4.79. The third-order valence-corrected chi connectivity index (χ3v) is 4.79. The Kier molecular flexibility index (Phi) is 5.23. The number of piperazine rings is 1. The van der Waals surface area contributed by atoms with Crippen LogP contribution in [0.25, 0.3) is 0 Å². The van der Waals surface area contributed by atoms with Gasteiger partial charge in [0.15, 0.2) is 0 Å². The summed E-state index contributed by atoms with van der Waals surface area (Å²) >= 11 is 0. The molecule has 0 spiro atoms. The molecule has 1 saturated carbocycles. The zero-order chi connectivity index (χ0) is 13.9. The minimum absolute atomic E-state index is 0.0910. The first-order valence-corrected chi connectivity index (χ1v) is 7.87. The van der Waals surface area contributed by atoms with Gasteiger partial charge in [-0.3, -0.25) is 0 Å². The van der Waals surface area contributed by atoms with E-state index in [4.69, 9.17) is 0 Å². The Balaban J connectivity index is 1.77. The molecule has 2 aliphatic rings. The van der Waals surface area contributed by atoms with E-state index in [0.717, 1.165) is 19.5 Å². The number of aliphatic hydroxyl groups is 1. The zero-order valence-electron chi connectivity index (χ0n) is 12.9. The van der Waals surface area contributed by atoms with Crippen LogP contribution in [-0.4, -0.2) is 72.4 Å². The van der Waals surface area contributed by atoms with Crippen LogP contribution in [0.5, 0.6) is 0 Å². The maximum absolute atomic E-state index is 9.64. The van der Waals surface area contributed by atoms with E-state index in [9.17, 15) is 5.11 Å². The van der Waals surface area contributed by atoms with Crippen LogP contribution < -0.4 is 5.32 Å². The Morgan fingerprint density at radius 3 is 2.63 bits per heavy atom. The average Bonchev–Trinajstić information content (AvgIpc) is 3.21. The van der Waals surface area contributed by atoms with Crippen molar-refractivity contribution >= 4 is 0 Å². The van der Waals surface area contributed by atoms with Crippen LogP contribution in [0.2, 0.25) is 0 Å². The smallest absolute Gasteiger partial charge is 0.0611 e. The van der Waals surface area contributed by atoms with Gasteiger partial charge in [-0.1, -0.05) is 6.92 Å². The first-order valence-electron chi connectivity index (χ1n) is 7.87. The van der Waals surface area contributed by atoms with Gasteiger partial charge < -0.3 is 20.2 Å². The molecule has 2 fully saturated rings. The predicted octanol–water partition coefficient (Wildman–Crippen LogP) is 0.906. The van der Waals surface area contributed by atoms with Gasteiger partial charge in [0.25, 0.3) is 0 Å². The number of likely N-dealkylation sites (N-methyl/N-ethyl adjacent to an activating group) is 1. The van der Waals surface area contributed by atoms with Crippen LogP contribution in [0.1, 0.15) is 39.5 Å². The molecule has 0 aromatic rings. The van der Waals surface area contributed by atoms with E-state index in [1.54, 1.807) is 0 Å². The highest BCUT2D eigenvalue weighted by Crippen LogP contribution is 2.24. The van der Waals surface area contributed by atoms with Gasteiger partial charge >= 0.3 is 0 Å². The van der Waals surface area contributed by atoms with Gasteiger partial charge in [0.1, 0.15) is 0 Å². The lowest BCUT2D eigenvalue weighted by Gasteiger charge is -2.40. The highest BCUT2D eigenvalue weighted by Gasteiger charge is 2.32. The summed E-state index contributed by atoms with van der Waals surface area (Å²) in [5, 5.41) is 13.2. The van der Waals surface area contributed by atoms with E-state index in [-0.39, 0.29) is 12.1 Å². The molecular weight excluding hydrogens is 238 g/mol. The fraction of sp³-hybridized carbons (Fsp3) is 1.00. The number of aliphatic hydroxyl groups excluding tert-OH is 1. The summed E-state index contributed by atoms with van der Waals surface area (Å²) in [6.45, 7) is 9.30. The molecule has 112 valence electrons. The lowest BCUT2D eigenvalue weighted by atomic mass is 9.97. The van der Waals surface area contributed by atoms with Gasteiger partial charge in [0.2, 0.25) is 0 Å². The summed E-state index contributed by atoms with van der Waals surface area (Å²) in [5.74, 6) is 0. The topological polar surface area (TPSA) is 38.7 Å². The number of rotatable bonds is 7. The Morgan fingerprint density at radius 1 is 1.32 bits per heavy atom. The van der Waals surface area contributed by atoms with Crippen LogP contribution in [0, 0.1) is 0 Å². The summed E-state index contributed by atoms with van der Waals surface area (Å²) < 4.78 is 0. The van der Waals surface area contributed by atoms with Crippen LogP contribution in [0.4, 0.5) is 0 Å². The minimum Gasteiger partial charge on any atom is -0.394 e. The second kappa shape index (κ2) is 6.53. The van der Waals surface area contributed by atoms with E-state index in [2.05, 4.69) is 36.0 Å². The highest BCUT2D eigenvalue weighted by atomic mass is 16.3. The van der Waals surface area contributed by atoms with E-state index in [1.807, 2.05) is 0 Å². The minimum atomic E-state index is -0.0910. The third kappa shape index (κ3) is 4.42. The van der Waals surface area contributed by atoms with E-state index in [1.165, 1.54) is 32.4 Å². The summed E-state index contributed by atoms with van der Waals surface area (Å²) in [5.41, 5.74) is -0.0910. The molecule has 0 bridgehead atoms. The van der Waals surface area contributed by atoms with Crippen molar-refractivity contribution in [3.63, 3.8) is 0 Å². The molecule has 1 aliphatic carbocycles. The van der Waals surface area contributed by atoms with Crippen molar-refractivity contribution in [1.82, 2.24) is 15.1 Å². The molecule has 0 radical (unpaired) electrons. The molecule has 0 aromatic carbocycles. The molecule has 2 atom stereocenters. The lowest BCUT2D eigenvalue weighted by molar-refractivity contribution is 0.0775. The normalized spacial score (nSPS) is 29.4. The van der Waals surface area contributed by atoms with E-state index < -0.39 is 0 Å². The highest BCUT2D eigenvalue weighted by molar-refractivity contribution is 4.93. The monoisotopic (exact) mass is 269 g/mol. The molecule has 0 amide bonds. The lowest BCUT2D eigenvalue weighted by Crippen LogP contribution is -2.54. The van der Waals surface area contributed by atoms with Crippen LogP contribution >= 0.6 is 0 Å². The van der Waals surface area contributed by atoms with Crippen LogP contribution in [0.15, 0.2) is 0 Å². The van der Waals surface area contributed by atoms with Crippen molar-refractivity contribution in [2.45, 2.75) is 57.2 Å². The Bertz CT molecular complexity index is 283. The fourth-order valence-electron chi connectivity index (χ4n) is 2.98. The molecule has 2 N–H and O–H groups in total. The Morgan fingerprint density at radius 2 is 2.05 bits per heavy atom. The van der Waals surface area contributed by atoms with Crippen molar-refractivity contribution in [1.29, 1.82) is 0 Å². The SMILES string of the molecule is CCC1CN(CCC(C)(CO)NC2CC2)CCN1C. The van der Waals surface area contributed by atoms with Crippen molar-refractivity contribution in [3.05, 3.63) is 0 Å². The van der Waals surface area contributed by atoms with Crippen molar-refractivity contribution < 1.29 is 5.11 Å². The fourth-order valence-corrected chi connectivity index (χ4v) is 2.98. The quantitative estimate of drug-likeness (QED) is 0.720. The molecule has 2 unspecified atom stereocenters. The Hall–Kier alpha value is -0.160. The first kappa shape index (κ1) is 15.2.